The van der Waals surface area contributed by atoms with E-state index < -0.39 is 5.54 Å². The second-order valence-electron chi connectivity index (χ2n) is 5.54. The predicted octanol–water partition coefficient (Wildman–Crippen LogP) is 1.96. The number of aliphatic hydroxyl groups excluding tert-OH is 1. The molecule has 2 aliphatic rings. The maximum absolute atomic E-state index is 12.7. The molecule has 0 spiro atoms. The molecule has 1 aliphatic heterocycles. The lowest BCUT2D eigenvalue weighted by Gasteiger charge is -2.33. The van der Waals surface area contributed by atoms with Gasteiger partial charge in [0.05, 0.1) is 12.1 Å². The molecule has 0 atom stereocenters. The van der Waals surface area contributed by atoms with Gasteiger partial charge in [0.1, 0.15) is 0 Å². The zero-order chi connectivity index (χ0) is 13.9. The first kappa shape index (κ1) is 11.6. The Morgan fingerprint density at radius 1 is 1.00 bits per heavy atom. The van der Waals surface area contributed by atoms with Gasteiger partial charge < -0.3 is 5.11 Å². The smallest absolute Gasteiger partial charge is 0.261 e. The third-order valence-corrected chi connectivity index (χ3v) is 4.37. The van der Waals surface area contributed by atoms with Crippen molar-refractivity contribution in [2.45, 2.75) is 18.4 Å². The summed E-state index contributed by atoms with van der Waals surface area (Å²) in [5.74, 6) is -0.572. The van der Waals surface area contributed by atoms with Crippen molar-refractivity contribution < 1.29 is 14.7 Å². The monoisotopic (exact) mass is 267 g/mol. The molecule has 0 bridgehead atoms. The average Bonchev–Trinajstić information content (AvgIpc) is 3.26. The summed E-state index contributed by atoms with van der Waals surface area (Å²) in [5, 5.41) is 11.2. The topological polar surface area (TPSA) is 57.6 Å². The van der Waals surface area contributed by atoms with E-state index in [1.807, 2.05) is 24.3 Å². The molecule has 2 aromatic carbocycles. The van der Waals surface area contributed by atoms with Gasteiger partial charge in [0.25, 0.3) is 11.8 Å². The van der Waals surface area contributed by atoms with Gasteiger partial charge in [-0.15, -0.1) is 0 Å². The molecule has 20 heavy (non-hydrogen) atoms. The molecule has 0 radical (unpaired) electrons. The third kappa shape index (κ3) is 1.29. The Bertz CT molecular complexity index is 711. The van der Waals surface area contributed by atoms with Gasteiger partial charge in [-0.1, -0.05) is 24.3 Å². The zero-order valence-electron chi connectivity index (χ0n) is 10.8. The van der Waals surface area contributed by atoms with Crippen molar-refractivity contribution in [3.8, 4) is 0 Å². The van der Waals surface area contributed by atoms with Gasteiger partial charge in [-0.2, -0.15) is 0 Å². The fraction of sp³-hybridized carbons (Fsp3) is 0.250. The van der Waals surface area contributed by atoms with Gasteiger partial charge in [0.15, 0.2) is 0 Å². The number of imide groups is 1. The van der Waals surface area contributed by atoms with Crippen LogP contribution in [0.4, 0.5) is 0 Å². The van der Waals surface area contributed by atoms with Crippen molar-refractivity contribution in [3.05, 3.63) is 47.5 Å². The van der Waals surface area contributed by atoms with Gasteiger partial charge in [0.2, 0.25) is 0 Å². The molecule has 2 amide bonds. The number of hydrogen-bond donors (Lipinski definition) is 1. The number of carbonyl (C=O) groups is 2. The summed E-state index contributed by atoms with van der Waals surface area (Å²) in [6.45, 7) is -0.164. The van der Waals surface area contributed by atoms with E-state index in [1.54, 1.807) is 12.1 Å². The van der Waals surface area contributed by atoms with E-state index in [4.69, 9.17) is 0 Å². The lowest BCUT2D eigenvalue weighted by molar-refractivity contribution is 0.0433. The molecular weight excluding hydrogens is 254 g/mol. The van der Waals surface area contributed by atoms with E-state index in [0.29, 0.717) is 24.0 Å². The molecular formula is C16H13NO3. The normalized spacial score (nSPS) is 19.6. The highest BCUT2D eigenvalue weighted by Gasteiger charge is 2.54. The molecule has 2 aromatic rings. The van der Waals surface area contributed by atoms with Crippen LogP contribution in [-0.2, 0) is 0 Å². The number of benzene rings is 2. The minimum atomic E-state index is -0.677. The summed E-state index contributed by atoms with van der Waals surface area (Å²) >= 11 is 0. The maximum atomic E-state index is 12.7. The van der Waals surface area contributed by atoms with Crippen LogP contribution in [0.1, 0.15) is 33.6 Å². The van der Waals surface area contributed by atoms with E-state index in [0.717, 1.165) is 10.8 Å². The number of nitrogens with zero attached hydrogens (tertiary/aromatic N) is 1. The first-order valence-electron chi connectivity index (χ1n) is 6.69. The Labute approximate surface area is 115 Å². The number of amides is 2. The molecule has 0 saturated heterocycles. The molecule has 1 heterocycles. The molecule has 1 saturated carbocycles. The van der Waals surface area contributed by atoms with Crippen molar-refractivity contribution in [1.82, 2.24) is 4.90 Å². The number of hydrogen-bond acceptors (Lipinski definition) is 3. The van der Waals surface area contributed by atoms with Crippen molar-refractivity contribution in [1.29, 1.82) is 0 Å². The maximum Gasteiger partial charge on any atom is 0.261 e. The molecule has 4 heteroatoms. The highest BCUT2D eigenvalue weighted by Crippen LogP contribution is 2.45. The van der Waals surface area contributed by atoms with Gasteiger partial charge in [0, 0.05) is 16.5 Å². The first-order chi connectivity index (χ1) is 9.68. The lowest BCUT2D eigenvalue weighted by atomic mass is 9.93. The quantitative estimate of drug-likeness (QED) is 0.846. The van der Waals surface area contributed by atoms with Gasteiger partial charge in [-0.3, -0.25) is 14.5 Å². The molecule has 1 fully saturated rings. The van der Waals surface area contributed by atoms with Crippen LogP contribution in [0.15, 0.2) is 36.4 Å². The first-order valence-corrected chi connectivity index (χ1v) is 6.69. The van der Waals surface area contributed by atoms with Crippen molar-refractivity contribution >= 4 is 22.6 Å². The van der Waals surface area contributed by atoms with Crippen LogP contribution in [-0.4, -0.2) is 34.0 Å². The van der Waals surface area contributed by atoms with Crippen LogP contribution >= 0.6 is 0 Å². The predicted molar refractivity (Wildman–Crippen MR) is 73.5 cm³/mol. The summed E-state index contributed by atoms with van der Waals surface area (Å²) in [7, 11) is 0. The molecule has 0 aromatic heterocycles. The van der Waals surface area contributed by atoms with Gasteiger partial charge in [-0.05, 0) is 30.4 Å². The third-order valence-electron chi connectivity index (χ3n) is 4.37. The van der Waals surface area contributed by atoms with Crippen LogP contribution in [0.2, 0.25) is 0 Å². The fourth-order valence-corrected chi connectivity index (χ4v) is 3.06. The molecule has 4 nitrogen and oxygen atoms in total. The average molecular weight is 267 g/mol. The Morgan fingerprint density at radius 2 is 1.55 bits per heavy atom. The SMILES string of the molecule is O=C1c2cccc3cccc(c23)C(=O)N1C1(CO)CC1. The van der Waals surface area contributed by atoms with Crippen LogP contribution in [0.25, 0.3) is 10.8 Å². The second kappa shape index (κ2) is 3.67. The number of aliphatic hydroxyl groups is 1. The molecule has 0 unspecified atom stereocenters. The largest absolute Gasteiger partial charge is 0.394 e. The summed E-state index contributed by atoms with van der Waals surface area (Å²) < 4.78 is 0. The Balaban J connectivity index is 2.01. The van der Waals surface area contributed by atoms with Gasteiger partial charge in [-0.25, -0.2) is 0 Å². The van der Waals surface area contributed by atoms with E-state index in [9.17, 15) is 14.7 Å². The zero-order valence-corrected chi connectivity index (χ0v) is 10.8. The highest BCUT2D eigenvalue weighted by molar-refractivity contribution is 6.25. The minimum Gasteiger partial charge on any atom is -0.394 e. The minimum absolute atomic E-state index is 0.164. The number of carbonyl (C=O) groups excluding carboxylic acids is 2. The number of rotatable bonds is 2. The Hall–Kier alpha value is -2.20. The molecule has 1 N–H and O–H groups in total. The van der Waals surface area contributed by atoms with Gasteiger partial charge >= 0.3 is 0 Å². The van der Waals surface area contributed by atoms with E-state index in [2.05, 4.69) is 0 Å². The van der Waals surface area contributed by atoms with Crippen LogP contribution in [0, 0.1) is 0 Å². The second-order valence-corrected chi connectivity index (χ2v) is 5.54. The highest BCUT2D eigenvalue weighted by atomic mass is 16.3. The fourth-order valence-electron chi connectivity index (χ4n) is 3.06. The van der Waals surface area contributed by atoms with Crippen molar-refractivity contribution in [3.63, 3.8) is 0 Å². The van der Waals surface area contributed by atoms with Crippen LogP contribution < -0.4 is 0 Å². The van der Waals surface area contributed by atoms with Crippen LogP contribution in [0.5, 0.6) is 0 Å². The standard InChI is InChI=1S/C16H13NO3/c18-9-16(7-8-16)17-14(19)11-5-1-3-10-4-2-6-12(13(10)11)15(17)20/h1-6,18H,7-9H2. The lowest BCUT2D eigenvalue weighted by Crippen LogP contribution is -2.50. The van der Waals surface area contributed by atoms with E-state index in [1.165, 1.54) is 4.90 Å². The summed E-state index contributed by atoms with van der Waals surface area (Å²) in [6, 6.07) is 11.0. The Morgan fingerprint density at radius 3 is 2.00 bits per heavy atom. The molecule has 100 valence electrons. The van der Waals surface area contributed by atoms with E-state index in [-0.39, 0.29) is 18.4 Å². The molecule has 4 rings (SSSR count). The van der Waals surface area contributed by atoms with Crippen molar-refractivity contribution in [2.24, 2.45) is 0 Å². The van der Waals surface area contributed by atoms with Crippen molar-refractivity contribution in [2.75, 3.05) is 6.61 Å². The summed E-state index contributed by atoms with van der Waals surface area (Å²) in [6.07, 6.45) is 1.36. The summed E-state index contributed by atoms with van der Waals surface area (Å²) in [5.41, 5.74) is 0.430. The Kier molecular flexibility index (Phi) is 2.13. The summed E-state index contributed by atoms with van der Waals surface area (Å²) in [4.78, 5) is 26.6. The van der Waals surface area contributed by atoms with Crippen LogP contribution in [0.3, 0.4) is 0 Å². The van der Waals surface area contributed by atoms with E-state index >= 15 is 0 Å². The molecule has 1 aliphatic carbocycles.